The molecule has 0 spiro atoms. The van der Waals surface area contributed by atoms with Crippen molar-refractivity contribution in [3.63, 3.8) is 0 Å². The molecule has 0 fully saturated rings. The average molecular weight is 415 g/mol. The molecular weight excluding hydrogens is 382 g/mol. The summed E-state index contributed by atoms with van der Waals surface area (Å²) in [6, 6.07) is -3.47. The minimum absolute atomic E-state index is 0.0756. The van der Waals surface area contributed by atoms with Gasteiger partial charge in [0, 0.05) is 0 Å². The van der Waals surface area contributed by atoms with Gasteiger partial charge in [-0.05, 0) is 18.3 Å². The molecule has 0 radical (unpaired) electrons. The molecule has 0 aromatic rings. The first-order valence-electron chi connectivity index (χ1n) is 9.54. The van der Waals surface area contributed by atoms with E-state index >= 15 is 0 Å². The summed E-state index contributed by atoms with van der Waals surface area (Å²) < 4.78 is 0. The Morgan fingerprint density at radius 2 is 1.52 bits per heavy atom. The van der Waals surface area contributed by atoms with Crippen LogP contribution in [0.5, 0.6) is 0 Å². The van der Waals surface area contributed by atoms with Gasteiger partial charge in [0.25, 0.3) is 0 Å². The molecule has 11 nitrogen and oxygen atoms in total. The summed E-state index contributed by atoms with van der Waals surface area (Å²) in [5.41, 5.74) is 10.3. The Bertz CT molecular complexity index is 610. The standard InChI is InChI=1S/C18H33N5O6/c1-5-10(4)15(17(27)22-12(18(28)29)7-13(20)24)23-16(26)11(6-9(2)3)21-14(25)8-19/h9-12,15H,5-8,19H2,1-4H3,(H2,20,24)(H,21,25)(H,22,27)(H,23,26)(H,28,29). The van der Waals surface area contributed by atoms with Crippen LogP contribution in [0, 0.1) is 11.8 Å². The zero-order valence-electron chi connectivity index (χ0n) is 17.4. The zero-order valence-corrected chi connectivity index (χ0v) is 17.4. The highest BCUT2D eigenvalue weighted by molar-refractivity contribution is 5.94. The van der Waals surface area contributed by atoms with Crippen LogP contribution < -0.4 is 27.4 Å². The molecule has 0 rings (SSSR count). The van der Waals surface area contributed by atoms with Crippen molar-refractivity contribution in [3.8, 4) is 0 Å². The molecule has 0 saturated carbocycles. The lowest BCUT2D eigenvalue weighted by molar-refractivity contribution is -0.144. The van der Waals surface area contributed by atoms with E-state index in [1.54, 1.807) is 13.8 Å². The molecule has 0 aromatic heterocycles. The number of hydrogen-bond acceptors (Lipinski definition) is 6. The first-order chi connectivity index (χ1) is 13.4. The molecule has 0 aromatic carbocycles. The summed E-state index contributed by atoms with van der Waals surface area (Å²) in [5.74, 6) is -4.42. The zero-order chi connectivity index (χ0) is 22.7. The van der Waals surface area contributed by atoms with Crippen LogP contribution in [-0.4, -0.2) is 59.4 Å². The topological polar surface area (TPSA) is 194 Å². The molecule has 0 bridgehead atoms. The fourth-order valence-corrected chi connectivity index (χ4v) is 2.57. The van der Waals surface area contributed by atoms with Gasteiger partial charge < -0.3 is 32.5 Å². The Kier molecular flexibility index (Phi) is 11.5. The van der Waals surface area contributed by atoms with Crippen molar-refractivity contribution >= 4 is 29.6 Å². The van der Waals surface area contributed by atoms with Crippen molar-refractivity contribution in [1.29, 1.82) is 0 Å². The molecule has 8 N–H and O–H groups in total. The fourth-order valence-electron chi connectivity index (χ4n) is 2.57. The largest absolute Gasteiger partial charge is 0.480 e. The predicted octanol–water partition coefficient (Wildman–Crippen LogP) is -1.55. The molecule has 4 atom stereocenters. The van der Waals surface area contributed by atoms with Crippen molar-refractivity contribution in [3.05, 3.63) is 0 Å². The maximum absolute atomic E-state index is 12.7. The number of rotatable bonds is 13. The van der Waals surface area contributed by atoms with Crippen LogP contribution in [0.1, 0.15) is 47.0 Å². The third-order valence-electron chi connectivity index (χ3n) is 4.36. The second kappa shape index (κ2) is 12.7. The second-order valence-corrected chi connectivity index (χ2v) is 7.40. The molecule has 166 valence electrons. The van der Waals surface area contributed by atoms with E-state index in [9.17, 15) is 29.1 Å². The SMILES string of the molecule is CCC(C)C(NC(=O)C(CC(C)C)NC(=O)CN)C(=O)NC(CC(N)=O)C(=O)O. The summed E-state index contributed by atoms with van der Waals surface area (Å²) in [4.78, 5) is 59.3. The molecule has 0 aliphatic rings. The van der Waals surface area contributed by atoms with E-state index in [1.165, 1.54) is 0 Å². The number of amides is 4. The van der Waals surface area contributed by atoms with Crippen molar-refractivity contribution in [2.24, 2.45) is 23.3 Å². The summed E-state index contributed by atoms with van der Waals surface area (Å²) in [6.07, 6.45) is 0.257. The van der Waals surface area contributed by atoms with E-state index in [4.69, 9.17) is 11.5 Å². The number of carboxylic acids is 1. The number of hydrogen-bond donors (Lipinski definition) is 6. The lowest BCUT2D eigenvalue weighted by Gasteiger charge is -2.28. The number of carbonyl (C=O) groups is 5. The second-order valence-electron chi connectivity index (χ2n) is 7.40. The summed E-state index contributed by atoms with van der Waals surface area (Å²) in [6.45, 7) is 6.97. The van der Waals surface area contributed by atoms with E-state index < -0.39 is 54.1 Å². The van der Waals surface area contributed by atoms with Gasteiger partial charge in [0.2, 0.25) is 23.6 Å². The van der Waals surface area contributed by atoms with E-state index in [-0.39, 0.29) is 18.4 Å². The van der Waals surface area contributed by atoms with Gasteiger partial charge >= 0.3 is 5.97 Å². The lowest BCUT2D eigenvalue weighted by atomic mass is 9.96. The molecule has 4 amide bonds. The van der Waals surface area contributed by atoms with Crippen LogP contribution in [-0.2, 0) is 24.0 Å². The molecule has 4 unspecified atom stereocenters. The van der Waals surface area contributed by atoms with Crippen LogP contribution in [0.15, 0.2) is 0 Å². The van der Waals surface area contributed by atoms with Gasteiger partial charge in [-0.25, -0.2) is 4.79 Å². The van der Waals surface area contributed by atoms with Crippen LogP contribution in [0.3, 0.4) is 0 Å². The van der Waals surface area contributed by atoms with Crippen LogP contribution in [0.4, 0.5) is 0 Å². The first-order valence-corrected chi connectivity index (χ1v) is 9.54. The number of carbonyl (C=O) groups excluding carboxylic acids is 4. The highest BCUT2D eigenvalue weighted by Crippen LogP contribution is 2.11. The van der Waals surface area contributed by atoms with Crippen LogP contribution >= 0.6 is 0 Å². The van der Waals surface area contributed by atoms with Gasteiger partial charge in [-0.15, -0.1) is 0 Å². The number of carboxylic acid groups (broad SMARTS) is 1. The quantitative estimate of drug-likeness (QED) is 0.209. The molecule has 11 heteroatoms. The Labute approximate surface area is 170 Å². The van der Waals surface area contributed by atoms with Gasteiger partial charge in [0.1, 0.15) is 18.1 Å². The van der Waals surface area contributed by atoms with Gasteiger partial charge in [0.15, 0.2) is 0 Å². The normalized spacial score (nSPS) is 15.0. The monoisotopic (exact) mass is 415 g/mol. The Hall–Kier alpha value is -2.69. The van der Waals surface area contributed by atoms with Gasteiger partial charge in [0.05, 0.1) is 13.0 Å². The van der Waals surface area contributed by atoms with Crippen molar-refractivity contribution in [2.45, 2.75) is 65.1 Å². The van der Waals surface area contributed by atoms with Gasteiger partial charge in [-0.1, -0.05) is 34.1 Å². The van der Waals surface area contributed by atoms with E-state index in [0.29, 0.717) is 12.8 Å². The third-order valence-corrected chi connectivity index (χ3v) is 4.36. The lowest BCUT2D eigenvalue weighted by Crippen LogP contribution is -2.58. The molecular formula is C18H33N5O6. The number of nitrogens with two attached hydrogens (primary N) is 2. The third kappa shape index (κ3) is 9.88. The first kappa shape index (κ1) is 26.3. The number of primary amides is 1. The maximum Gasteiger partial charge on any atom is 0.326 e. The smallest absolute Gasteiger partial charge is 0.326 e. The number of aliphatic carboxylic acids is 1. The maximum atomic E-state index is 12.7. The highest BCUT2D eigenvalue weighted by atomic mass is 16.4. The van der Waals surface area contributed by atoms with E-state index in [1.807, 2.05) is 13.8 Å². The van der Waals surface area contributed by atoms with Crippen molar-refractivity contribution in [1.82, 2.24) is 16.0 Å². The predicted molar refractivity (Wildman–Crippen MR) is 105 cm³/mol. The van der Waals surface area contributed by atoms with Crippen LogP contribution in [0.2, 0.25) is 0 Å². The van der Waals surface area contributed by atoms with Gasteiger partial charge in [-0.2, -0.15) is 0 Å². The van der Waals surface area contributed by atoms with Crippen molar-refractivity contribution in [2.75, 3.05) is 6.54 Å². The minimum Gasteiger partial charge on any atom is -0.480 e. The average Bonchev–Trinajstić information content (AvgIpc) is 2.62. The van der Waals surface area contributed by atoms with Crippen LogP contribution in [0.25, 0.3) is 0 Å². The van der Waals surface area contributed by atoms with E-state index in [2.05, 4.69) is 16.0 Å². The molecule has 29 heavy (non-hydrogen) atoms. The highest BCUT2D eigenvalue weighted by Gasteiger charge is 2.32. The summed E-state index contributed by atoms with van der Waals surface area (Å²) in [7, 11) is 0. The fraction of sp³-hybridized carbons (Fsp3) is 0.722. The minimum atomic E-state index is -1.51. The Morgan fingerprint density at radius 3 is 1.93 bits per heavy atom. The molecule has 0 aliphatic heterocycles. The summed E-state index contributed by atoms with van der Waals surface area (Å²) in [5, 5.41) is 16.5. The van der Waals surface area contributed by atoms with E-state index in [0.717, 1.165) is 0 Å². The molecule has 0 saturated heterocycles. The Morgan fingerprint density at radius 1 is 0.931 bits per heavy atom. The summed E-state index contributed by atoms with van der Waals surface area (Å²) >= 11 is 0. The molecule has 0 aliphatic carbocycles. The number of nitrogens with one attached hydrogen (secondary N) is 3. The Balaban J connectivity index is 5.45. The van der Waals surface area contributed by atoms with Crippen molar-refractivity contribution < 1.29 is 29.1 Å². The molecule has 0 heterocycles. The van der Waals surface area contributed by atoms with Gasteiger partial charge in [-0.3, -0.25) is 19.2 Å².